The van der Waals surface area contributed by atoms with Gasteiger partial charge < -0.3 is 15.3 Å². The lowest BCUT2D eigenvalue weighted by Gasteiger charge is -2.20. The number of carboxylic acid groups (broad SMARTS) is 1. The van der Waals surface area contributed by atoms with Crippen molar-refractivity contribution in [2.45, 2.75) is 26.3 Å². The molecule has 0 spiro atoms. The van der Waals surface area contributed by atoms with E-state index in [0.29, 0.717) is 12.6 Å². The highest BCUT2D eigenvalue weighted by molar-refractivity contribution is 5.93. The van der Waals surface area contributed by atoms with Crippen LogP contribution in [0.4, 0.5) is 0 Å². The van der Waals surface area contributed by atoms with Gasteiger partial charge in [0.15, 0.2) is 0 Å². The fourth-order valence-electron chi connectivity index (χ4n) is 0.830. The zero-order valence-corrected chi connectivity index (χ0v) is 8.91. The van der Waals surface area contributed by atoms with Crippen LogP contribution in [-0.2, 0) is 9.59 Å². The highest BCUT2D eigenvalue weighted by atomic mass is 16.4. The molecule has 5 heteroatoms. The summed E-state index contributed by atoms with van der Waals surface area (Å²) in [5.41, 5.74) is 0. The highest BCUT2D eigenvalue weighted by Crippen LogP contribution is 1.90. The molecule has 0 saturated heterocycles. The summed E-state index contributed by atoms with van der Waals surface area (Å²) in [4.78, 5) is 23.1. The van der Waals surface area contributed by atoms with Gasteiger partial charge in [-0.05, 0) is 20.9 Å². The Morgan fingerprint density at radius 2 is 2.00 bits per heavy atom. The number of hydrogen-bond donors (Lipinski definition) is 2. The van der Waals surface area contributed by atoms with Crippen molar-refractivity contribution in [3.8, 4) is 0 Å². The Hall–Kier alpha value is -1.10. The van der Waals surface area contributed by atoms with Crippen molar-refractivity contribution in [2.24, 2.45) is 0 Å². The third-order valence-electron chi connectivity index (χ3n) is 1.98. The van der Waals surface area contributed by atoms with Crippen molar-refractivity contribution >= 4 is 11.9 Å². The topological polar surface area (TPSA) is 69.6 Å². The van der Waals surface area contributed by atoms with Gasteiger partial charge in [-0.1, -0.05) is 0 Å². The van der Waals surface area contributed by atoms with Crippen molar-refractivity contribution in [1.82, 2.24) is 10.2 Å². The molecule has 0 atom stereocenters. The second kappa shape index (κ2) is 6.37. The maximum Gasteiger partial charge on any atom is 0.312 e. The number of carbonyl (C=O) groups is 2. The molecule has 14 heavy (non-hydrogen) atoms. The van der Waals surface area contributed by atoms with Crippen LogP contribution in [0.5, 0.6) is 0 Å². The summed E-state index contributed by atoms with van der Waals surface area (Å²) in [5, 5.41) is 10.8. The number of carboxylic acids is 1. The first-order valence-corrected chi connectivity index (χ1v) is 4.62. The van der Waals surface area contributed by atoms with Crippen LogP contribution in [-0.4, -0.2) is 48.1 Å². The number of nitrogens with one attached hydrogen (secondary N) is 1. The van der Waals surface area contributed by atoms with Crippen LogP contribution in [0.2, 0.25) is 0 Å². The van der Waals surface area contributed by atoms with Gasteiger partial charge in [0.1, 0.15) is 6.42 Å². The van der Waals surface area contributed by atoms with Crippen LogP contribution < -0.4 is 5.32 Å². The van der Waals surface area contributed by atoms with E-state index in [1.54, 1.807) is 0 Å². The fourth-order valence-corrected chi connectivity index (χ4v) is 0.830. The Labute approximate surface area is 84.1 Å². The molecule has 1 amide bonds. The maximum atomic E-state index is 10.9. The van der Waals surface area contributed by atoms with Crippen LogP contribution in [0.1, 0.15) is 20.3 Å². The number of amides is 1. The second-order valence-electron chi connectivity index (χ2n) is 3.49. The molecular formula is C9H18N2O3. The summed E-state index contributed by atoms with van der Waals surface area (Å²) in [7, 11) is 1.95. The molecule has 2 N–H and O–H groups in total. The van der Waals surface area contributed by atoms with Gasteiger partial charge in [0.2, 0.25) is 5.91 Å². The first-order chi connectivity index (χ1) is 6.43. The normalized spacial score (nSPS) is 10.6. The Morgan fingerprint density at radius 1 is 1.43 bits per heavy atom. The van der Waals surface area contributed by atoms with E-state index < -0.39 is 18.3 Å². The zero-order chi connectivity index (χ0) is 11.1. The van der Waals surface area contributed by atoms with E-state index in [1.807, 2.05) is 7.05 Å². The van der Waals surface area contributed by atoms with Gasteiger partial charge in [0.05, 0.1) is 0 Å². The largest absolute Gasteiger partial charge is 0.481 e. The van der Waals surface area contributed by atoms with E-state index in [9.17, 15) is 9.59 Å². The lowest BCUT2D eigenvalue weighted by atomic mass is 10.3. The summed E-state index contributed by atoms with van der Waals surface area (Å²) in [6.45, 7) is 5.32. The molecule has 0 aromatic carbocycles. The quantitative estimate of drug-likeness (QED) is 0.591. The fraction of sp³-hybridized carbons (Fsp3) is 0.778. The molecule has 0 saturated carbocycles. The molecule has 0 unspecified atom stereocenters. The maximum absolute atomic E-state index is 10.9. The SMILES string of the molecule is CC(C)N(C)CCNC(=O)CC(=O)O. The Morgan fingerprint density at radius 3 is 2.43 bits per heavy atom. The Balaban J connectivity index is 3.54. The summed E-state index contributed by atoms with van der Waals surface area (Å²) >= 11 is 0. The molecule has 0 rings (SSSR count). The molecule has 0 aliphatic heterocycles. The predicted octanol–water partition coefficient (Wildman–Crippen LogP) is -0.0825. The molecule has 0 aromatic heterocycles. The first-order valence-electron chi connectivity index (χ1n) is 4.62. The predicted molar refractivity (Wildman–Crippen MR) is 53.0 cm³/mol. The van der Waals surface area contributed by atoms with Gasteiger partial charge in [-0.3, -0.25) is 9.59 Å². The lowest BCUT2D eigenvalue weighted by molar-refractivity contribution is -0.140. The minimum Gasteiger partial charge on any atom is -0.481 e. The van der Waals surface area contributed by atoms with Crippen LogP contribution in [0.25, 0.3) is 0 Å². The molecule has 0 heterocycles. The molecule has 0 aliphatic carbocycles. The number of hydrogen-bond acceptors (Lipinski definition) is 3. The lowest BCUT2D eigenvalue weighted by Crippen LogP contribution is -2.36. The number of rotatable bonds is 6. The van der Waals surface area contributed by atoms with Crippen molar-refractivity contribution < 1.29 is 14.7 Å². The average Bonchev–Trinajstić information content (AvgIpc) is 2.02. The smallest absolute Gasteiger partial charge is 0.312 e. The number of carbonyl (C=O) groups excluding carboxylic acids is 1. The van der Waals surface area contributed by atoms with E-state index in [0.717, 1.165) is 6.54 Å². The van der Waals surface area contributed by atoms with Crippen LogP contribution in [0, 0.1) is 0 Å². The minimum absolute atomic E-state index is 0.423. The molecular weight excluding hydrogens is 184 g/mol. The molecule has 0 radical (unpaired) electrons. The van der Waals surface area contributed by atoms with E-state index in [1.165, 1.54) is 0 Å². The first kappa shape index (κ1) is 12.9. The molecule has 5 nitrogen and oxygen atoms in total. The van der Waals surface area contributed by atoms with Gasteiger partial charge >= 0.3 is 5.97 Å². The summed E-state index contributed by atoms with van der Waals surface area (Å²) in [6.07, 6.45) is -0.453. The molecule has 0 aromatic rings. The van der Waals surface area contributed by atoms with E-state index in [4.69, 9.17) is 5.11 Å². The summed E-state index contributed by atoms with van der Waals surface area (Å²) in [5.74, 6) is -1.53. The third kappa shape index (κ3) is 6.42. The minimum atomic E-state index is -1.10. The molecule has 82 valence electrons. The molecule has 0 aliphatic rings. The monoisotopic (exact) mass is 202 g/mol. The van der Waals surface area contributed by atoms with Crippen LogP contribution in [0.3, 0.4) is 0 Å². The van der Waals surface area contributed by atoms with Gasteiger partial charge in [0.25, 0.3) is 0 Å². The van der Waals surface area contributed by atoms with Crippen LogP contribution >= 0.6 is 0 Å². The summed E-state index contributed by atoms with van der Waals surface area (Å²) < 4.78 is 0. The number of nitrogens with zero attached hydrogens (tertiary/aromatic N) is 1. The van der Waals surface area contributed by atoms with E-state index in [2.05, 4.69) is 24.1 Å². The van der Waals surface area contributed by atoms with Gasteiger partial charge in [0, 0.05) is 19.1 Å². The highest BCUT2D eigenvalue weighted by Gasteiger charge is 2.07. The van der Waals surface area contributed by atoms with E-state index in [-0.39, 0.29) is 0 Å². The Kier molecular flexibility index (Phi) is 5.87. The molecule has 0 fully saturated rings. The van der Waals surface area contributed by atoms with Gasteiger partial charge in [-0.15, -0.1) is 0 Å². The second-order valence-corrected chi connectivity index (χ2v) is 3.49. The van der Waals surface area contributed by atoms with Crippen molar-refractivity contribution in [3.63, 3.8) is 0 Å². The Bertz CT molecular complexity index is 204. The zero-order valence-electron chi connectivity index (χ0n) is 8.91. The average molecular weight is 202 g/mol. The van der Waals surface area contributed by atoms with Crippen molar-refractivity contribution in [1.29, 1.82) is 0 Å². The van der Waals surface area contributed by atoms with Crippen molar-refractivity contribution in [2.75, 3.05) is 20.1 Å². The van der Waals surface area contributed by atoms with Crippen molar-refractivity contribution in [3.05, 3.63) is 0 Å². The van der Waals surface area contributed by atoms with Crippen LogP contribution in [0.15, 0.2) is 0 Å². The van der Waals surface area contributed by atoms with E-state index >= 15 is 0 Å². The number of likely N-dealkylation sites (N-methyl/N-ethyl adjacent to an activating group) is 1. The van der Waals surface area contributed by atoms with Gasteiger partial charge in [-0.2, -0.15) is 0 Å². The molecule has 0 bridgehead atoms. The standard InChI is InChI=1S/C9H18N2O3/c1-7(2)11(3)5-4-10-8(12)6-9(13)14/h7H,4-6H2,1-3H3,(H,10,12)(H,13,14). The third-order valence-corrected chi connectivity index (χ3v) is 1.98. The number of aliphatic carboxylic acids is 1. The van der Waals surface area contributed by atoms with Gasteiger partial charge in [-0.25, -0.2) is 0 Å². The summed E-state index contributed by atoms with van der Waals surface area (Å²) in [6, 6.07) is 0.423.